The second-order valence-corrected chi connectivity index (χ2v) is 18.2. The van der Waals surface area contributed by atoms with Gasteiger partial charge in [0.15, 0.2) is 0 Å². The average Bonchev–Trinajstić information content (AvgIpc) is 3.31. The molecule has 67 heavy (non-hydrogen) atoms. The summed E-state index contributed by atoms with van der Waals surface area (Å²) in [6.07, 6.45) is 7.46. The number of nitro benzene ring substituents is 1. The Balaban J connectivity index is 1.43. The number of fused-ring (bicyclic) bond motifs is 3. The number of aliphatic hydroxyl groups excluding tert-OH is 3. The topological polar surface area (TPSA) is 192 Å². The third kappa shape index (κ3) is 11.5. The third-order valence-corrected chi connectivity index (χ3v) is 12.6. The number of carbonyl (C=O) groups is 1. The number of nitro groups is 1. The molecule has 1 heterocycles. The number of nitrogens with zero attached hydrogens (tertiary/aromatic N) is 3. The minimum Gasteiger partial charge on any atom is -0.459 e. The lowest BCUT2D eigenvalue weighted by Crippen LogP contribution is -2.70. The quantitative estimate of drug-likeness (QED) is 0.0293. The Kier molecular flexibility index (Phi) is 16.3. The van der Waals surface area contributed by atoms with Crippen molar-refractivity contribution in [3.63, 3.8) is 0 Å². The van der Waals surface area contributed by atoms with Crippen molar-refractivity contribution in [2.24, 2.45) is 22.9 Å². The van der Waals surface area contributed by atoms with Crippen molar-refractivity contribution in [2.75, 3.05) is 46.2 Å². The second-order valence-electron chi connectivity index (χ2n) is 18.2. The highest BCUT2D eigenvalue weighted by Crippen LogP contribution is 2.62. The Bertz CT molecular complexity index is 2400. The molecule has 3 N–H and O–H groups in total. The first-order valence-corrected chi connectivity index (χ1v) is 23.2. The Morgan fingerprint density at radius 1 is 0.910 bits per heavy atom. The van der Waals surface area contributed by atoms with Gasteiger partial charge in [-0.3, -0.25) is 15.0 Å². The molecule has 2 aliphatic carbocycles. The Hall–Kier alpha value is -5.84. The molecule has 1 amide bonds. The summed E-state index contributed by atoms with van der Waals surface area (Å²) in [5, 5.41) is 48.1. The van der Waals surface area contributed by atoms with E-state index < -0.39 is 34.4 Å². The summed E-state index contributed by atoms with van der Waals surface area (Å²) in [5.74, 6) is -0.690. The van der Waals surface area contributed by atoms with Crippen LogP contribution in [0.4, 0.5) is 10.5 Å². The van der Waals surface area contributed by atoms with Crippen LogP contribution in [0.5, 0.6) is 23.0 Å². The highest BCUT2D eigenvalue weighted by molar-refractivity contribution is 6.03. The van der Waals surface area contributed by atoms with Gasteiger partial charge in [-0.05, 0) is 117 Å². The highest BCUT2D eigenvalue weighted by atomic mass is 16.7. The Morgan fingerprint density at radius 3 is 2.31 bits per heavy atom. The molecule has 1 saturated carbocycles. The van der Waals surface area contributed by atoms with Gasteiger partial charge in [0.25, 0.3) is 5.69 Å². The number of non-ortho nitro benzene ring substituents is 1. The molecule has 15 nitrogen and oxygen atoms in total. The molecule has 4 aromatic carbocycles. The normalized spacial score (nSPS) is 22.5. The molecular formula is C52H63N3O12. The number of amides is 1. The molecule has 0 bridgehead atoms. The van der Waals surface area contributed by atoms with E-state index >= 15 is 0 Å². The first kappa shape index (κ1) is 49.1. The van der Waals surface area contributed by atoms with E-state index in [0.717, 1.165) is 47.6 Å². The Morgan fingerprint density at radius 2 is 1.61 bits per heavy atom. The van der Waals surface area contributed by atoms with E-state index in [-0.39, 0.29) is 81.8 Å². The number of allylic oxidation sites excluding steroid dienone is 1. The summed E-state index contributed by atoms with van der Waals surface area (Å²) in [6, 6.07) is 24.2. The smallest absolute Gasteiger partial charge is 0.415 e. The molecule has 1 aliphatic heterocycles. The first-order valence-electron chi connectivity index (χ1n) is 23.2. The van der Waals surface area contributed by atoms with Crippen molar-refractivity contribution in [1.82, 2.24) is 4.90 Å². The predicted molar refractivity (Wildman–Crippen MR) is 254 cm³/mol. The number of rotatable bonds is 22. The maximum absolute atomic E-state index is 14.8. The molecule has 358 valence electrons. The van der Waals surface area contributed by atoms with Gasteiger partial charge < -0.3 is 43.8 Å². The molecule has 0 saturated heterocycles. The number of benzene rings is 4. The zero-order valence-corrected chi connectivity index (χ0v) is 38.6. The van der Waals surface area contributed by atoms with Crippen LogP contribution in [0, 0.1) is 27.9 Å². The van der Waals surface area contributed by atoms with E-state index in [4.69, 9.17) is 33.7 Å². The SMILES string of the molecule is C=CCOC12Oc3ccc(Oc4ccc5ccccc5c4)cc3C3C(CCCCO)C(CCCCO)C=C(C(=NOC(C)(C)C)CC1N(CCOCCO)C(=O)Oc1ccc([N+](=O)[O-])cc1)C32. The lowest BCUT2D eigenvalue weighted by molar-refractivity contribution is -0.384. The van der Waals surface area contributed by atoms with Crippen molar-refractivity contribution in [2.45, 2.75) is 89.1 Å². The summed E-state index contributed by atoms with van der Waals surface area (Å²) in [4.78, 5) is 33.5. The van der Waals surface area contributed by atoms with Gasteiger partial charge in [-0.2, -0.15) is 0 Å². The van der Waals surface area contributed by atoms with Crippen molar-refractivity contribution in [3.05, 3.63) is 125 Å². The van der Waals surface area contributed by atoms with E-state index in [2.05, 4.69) is 18.7 Å². The fourth-order valence-corrected chi connectivity index (χ4v) is 9.77. The summed E-state index contributed by atoms with van der Waals surface area (Å²) in [5.41, 5.74) is 1.48. The Labute approximate surface area is 391 Å². The number of hydrogen-bond donors (Lipinski definition) is 3. The van der Waals surface area contributed by atoms with E-state index in [9.17, 15) is 30.2 Å². The lowest BCUT2D eigenvalue weighted by atomic mass is 9.55. The van der Waals surface area contributed by atoms with Crippen LogP contribution < -0.4 is 14.2 Å². The average molecular weight is 922 g/mol. The summed E-state index contributed by atoms with van der Waals surface area (Å²) < 4.78 is 32.8. The number of hydrogen-bond acceptors (Lipinski definition) is 13. The zero-order valence-electron chi connectivity index (χ0n) is 38.6. The van der Waals surface area contributed by atoms with Gasteiger partial charge in [0.2, 0.25) is 5.79 Å². The van der Waals surface area contributed by atoms with E-state index in [1.54, 1.807) is 6.08 Å². The fourth-order valence-electron chi connectivity index (χ4n) is 9.77. The molecule has 1 fully saturated rings. The number of ether oxygens (including phenoxy) is 5. The maximum Gasteiger partial charge on any atom is 0.415 e. The highest BCUT2D eigenvalue weighted by Gasteiger charge is 2.65. The van der Waals surface area contributed by atoms with Crippen molar-refractivity contribution in [3.8, 4) is 23.0 Å². The first-order chi connectivity index (χ1) is 32.4. The van der Waals surface area contributed by atoms with Gasteiger partial charge >= 0.3 is 6.09 Å². The molecule has 0 aromatic heterocycles. The zero-order chi connectivity index (χ0) is 47.6. The molecule has 0 spiro atoms. The monoisotopic (exact) mass is 921 g/mol. The molecule has 6 atom stereocenters. The second kappa shape index (κ2) is 22.3. The summed E-state index contributed by atoms with van der Waals surface area (Å²) in [7, 11) is 0. The van der Waals surface area contributed by atoms with Gasteiger partial charge in [0.05, 0.1) is 43.0 Å². The molecule has 3 aliphatic rings. The van der Waals surface area contributed by atoms with E-state index in [0.29, 0.717) is 35.8 Å². The van der Waals surface area contributed by atoms with Crippen LogP contribution in [-0.4, -0.2) is 101 Å². The minimum atomic E-state index is -1.60. The maximum atomic E-state index is 14.8. The summed E-state index contributed by atoms with van der Waals surface area (Å²) >= 11 is 0. The predicted octanol–water partition coefficient (Wildman–Crippen LogP) is 9.48. The van der Waals surface area contributed by atoms with Gasteiger partial charge in [-0.15, -0.1) is 6.58 Å². The number of aliphatic hydroxyl groups is 3. The lowest BCUT2D eigenvalue weighted by Gasteiger charge is -2.59. The number of carbonyl (C=O) groups excluding carboxylic acids is 1. The molecular weight excluding hydrogens is 859 g/mol. The number of oxime groups is 1. The summed E-state index contributed by atoms with van der Waals surface area (Å²) in [6.45, 7) is 9.66. The largest absolute Gasteiger partial charge is 0.459 e. The molecule has 0 radical (unpaired) electrons. The minimum absolute atomic E-state index is 0.00100. The standard InChI is InChI=1S/C52H63N3O12/c1-5-28-63-52-47(54(24-29-62-30-27-58)50(59)65-39-20-17-38(18-21-39)55(60)61)34-45(53-67-51(2,3)4)43-32-37(14-8-10-25-56)42(15-9-11-26-57)48(49(43)52)44-33-41(22-23-46(44)66-52)64-40-19-16-35-12-6-7-13-36(35)31-40/h5-7,12-13,16-23,31-33,37,42,47-49,56-58H,1,8-11,14-15,24-30,34H2,2-4H3. The van der Waals surface area contributed by atoms with Crippen LogP contribution in [-0.2, 0) is 14.3 Å². The number of unbranched alkanes of at least 4 members (excludes halogenated alkanes) is 2. The van der Waals surface area contributed by atoms with Crippen molar-refractivity contribution >= 4 is 28.3 Å². The van der Waals surface area contributed by atoms with Crippen LogP contribution >= 0.6 is 0 Å². The molecule has 7 rings (SSSR count). The van der Waals surface area contributed by atoms with E-state index in [1.807, 2.05) is 75.4 Å². The third-order valence-electron chi connectivity index (χ3n) is 12.6. The van der Waals surface area contributed by atoms with Crippen molar-refractivity contribution in [1.29, 1.82) is 0 Å². The van der Waals surface area contributed by atoms with Crippen LogP contribution in [0.25, 0.3) is 10.8 Å². The van der Waals surface area contributed by atoms with Crippen LogP contribution in [0.3, 0.4) is 0 Å². The van der Waals surface area contributed by atoms with Crippen LogP contribution in [0.1, 0.15) is 77.2 Å². The van der Waals surface area contributed by atoms with Gasteiger partial charge in [0.1, 0.15) is 34.6 Å². The van der Waals surface area contributed by atoms with E-state index in [1.165, 1.54) is 29.2 Å². The molecule has 6 unspecified atom stereocenters. The molecule has 15 heteroatoms. The van der Waals surface area contributed by atoms with Crippen LogP contribution in [0.15, 0.2) is 114 Å². The fraction of sp³-hybridized carbons (Fsp3) is 0.462. The van der Waals surface area contributed by atoms with Gasteiger partial charge in [-0.1, -0.05) is 60.5 Å². The van der Waals surface area contributed by atoms with Crippen molar-refractivity contribution < 1.29 is 53.6 Å². The van der Waals surface area contributed by atoms with Gasteiger partial charge in [0, 0.05) is 49.8 Å². The molecule has 4 aromatic rings. The van der Waals surface area contributed by atoms with Crippen LogP contribution in [0.2, 0.25) is 0 Å². The van der Waals surface area contributed by atoms with Gasteiger partial charge in [-0.25, -0.2) is 4.79 Å².